The van der Waals surface area contributed by atoms with Crippen molar-refractivity contribution >= 4 is 23.4 Å². The van der Waals surface area contributed by atoms with Crippen molar-refractivity contribution in [1.29, 1.82) is 0 Å². The van der Waals surface area contributed by atoms with Gasteiger partial charge in [-0.1, -0.05) is 17.7 Å². The molecule has 0 amide bonds. The van der Waals surface area contributed by atoms with Gasteiger partial charge in [0.1, 0.15) is 5.82 Å². The lowest BCUT2D eigenvalue weighted by molar-refractivity contribution is 0.0689. The van der Waals surface area contributed by atoms with Gasteiger partial charge in [0.15, 0.2) is 5.69 Å². The van der Waals surface area contributed by atoms with E-state index in [1.54, 1.807) is 25.1 Å². The second kappa shape index (κ2) is 4.34. The molecule has 1 aromatic carbocycles. The molecule has 2 aromatic rings. The van der Waals surface area contributed by atoms with Crippen LogP contribution in [0.5, 0.6) is 0 Å². The maximum atomic E-state index is 11.0. The molecule has 0 unspecified atom stereocenters. The lowest BCUT2D eigenvalue weighted by Gasteiger charge is -2.08. The highest BCUT2D eigenvalue weighted by Crippen LogP contribution is 2.26. The van der Waals surface area contributed by atoms with Crippen LogP contribution >= 0.6 is 11.6 Å². The molecule has 0 spiro atoms. The lowest BCUT2D eigenvalue weighted by Crippen LogP contribution is -2.05. The van der Waals surface area contributed by atoms with E-state index < -0.39 is 5.97 Å². The first-order valence-electron chi connectivity index (χ1n) is 5.27. The Kier molecular flexibility index (Phi) is 3.00. The fraction of sp³-hybridized carbons (Fsp3) is 0.167. The number of hydrogen-bond acceptors (Lipinski definition) is 3. The molecule has 5 nitrogen and oxygen atoms in total. The van der Waals surface area contributed by atoms with Crippen molar-refractivity contribution in [1.82, 2.24) is 9.78 Å². The molecule has 0 saturated heterocycles. The van der Waals surface area contributed by atoms with Crippen molar-refractivity contribution in [2.24, 2.45) is 0 Å². The number of rotatable bonds is 2. The van der Waals surface area contributed by atoms with Crippen molar-refractivity contribution in [3.63, 3.8) is 0 Å². The molecule has 0 fully saturated rings. The fourth-order valence-corrected chi connectivity index (χ4v) is 1.89. The summed E-state index contributed by atoms with van der Waals surface area (Å²) in [5.41, 5.74) is 7.76. The van der Waals surface area contributed by atoms with E-state index in [0.29, 0.717) is 22.1 Å². The smallest absolute Gasteiger partial charge is 0.356 e. The van der Waals surface area contributed by atoms with Gasteiger partial charge in [0.2, 0.25) is 0 Å². The average molecular weight is 266 g/mol. The Balaban J connectivity index is 2.69. The molecule has 3 N–H and O–H groups in total. The van der Waals surface area contributed by atoms with Crippen LogP contribution in [-0.4, -0.2) is 20.9 Å². The summed E-state index contributed by atoms with van der Waals surface area (Å²) in [4.78, 5) is 11.0. The molecule has 0 aliphatic heterocycles. The van der Waals surface area contributed by atoms with Crippen LogP contribution in [0.25, 0.3) is 5.69 Å². The zero-order chi connectivity index (χ0) is 13.4. The topological polar surface area (TPSA) is 81.1 Å². The number of aromatic nitrogens is 2. The van der Waals surface area contributed by atoms with E-state index in [1.807, 2.05) is 6.92 Å². The molecular formula is C12H12ClN3O2. The number of benzene rings is 1. The standard InChI is InChI=1S/C12H12ClN3O2/c1-6-8(13)4-3-5-9(6)16-11(14)7(2)10(15-16)12(17)18/h3-5H,14H2,1-2H3,(H,17,18). The predicted octanol–water partition coefficient (Wildman–Crippen LogP) is 2.42. The summed E-state index contributed by atoms with van der Waals surface area (Å²) in [6.07, 6.45) is 0. The minimum Gasteiger partial charge on any atom is -0.476 e. The number of nitrogens with zero attached hydrogens (tertiary/aromatic N) is 2. The van der Waals surface area contributed by atoms with E-state index in [1.165, 1.54) is 4.68 Å². The van der Waals surface area contributed by atoms with Gasteiger partial charge in [-0.15, -0.1) is 0 Å². The Labute approximate surface area is 109 Å². The van der Waals surface area contributed by atoms with Crippen LogP contribution in [-0.2, 0) is 0 Å². The molecule has 0 bridgehead atoms. The Morgan fingerprint density at radius 2 is 2.06 bits per heavy atom. The summed E-state index contributed by atoms with van der Waals surface area (Å²) in [6, 6.07) is 5.31. The Morgan fingerprint density at radius 3 is 2.61 bits per heavy atom. The second-order valence-corrected chi connectivity index (χ2v) is 4.37. The van der Waals surface area contributed by atoms with Gasteiger partial charge >= 0.3 is 5.97 Å². The molecule has 1 heterocycles. The SMILES string of the molecule is Cc1c(Cl)cccc1-n1nc(C(=O)O)c(C)c1N. The highest BCUT2D eigenvalue weighted by atomic mass is 35.5. The molecule has 0 atom stereocenters. The molecule has 18 heavy (non-hydrogen) atoms. The summed E-state index contributed by atoms with van der Waals surface area (Å²) in [6.45, 7) is 3.46. The Morgan fingerprint density at radius 1 is 1.39 bits per heavy atom. The van der Waals surface area contributed by atoms with Gasteiger partial charge in [0, 0.05) is 10.6 Å². The number of carbonyl (C=O) groups is 1. The largest absolute Gasteiger partial charge is 0.476 e. The van der Waals surface area contributed by atoms with Crippen LogP contribution in [0.2, 0.25) is 5.02 Å². The third-order valence-corrected chi connectivity index (χ3v) is 3.25. The van der Waals surface area contributed by atoms with Gasteiger partial charge in [-0.3, -0.25) is 0 Å². The van der Waals surface area contributed by atoms with Gasteiger partial charge in [-0.05, 0) is 31.5 Å². The number of nitrogen functional groups attached to an aromatic ring is 1. The molecule has 94 valence electrons. The van der Waals surface area contributed by atoms with Crippen molar-refractivity contribution in [2.75, 3.05) is 5.73 Å². The minimum atomic E-state index is -1.10. The number of carboxylic acid groups (broad SMARTS) is 1. The number of aromatic carboxylic acids is 1. The zero-order valence-corrected chi connectivity index (χ0v) is 10.7. The first-order chi connectivity index (χ1) is 8.43. The van der Waals surface area contributed by atoms with Crippen LogP contribution in [0.15, 0.2) is 18.2 Å². The highest BCUT2D eigenvalue weighted by Gasteiger charge is 2.19. The number of nitrogens with two attached hydrogens (primary N) is 1. The van der Waals surface area contributed by atoms with Crippen LogP contribution < -0.4 is 5.73 Å². The second-order valence-electron chi connectivity index (χ2n) is 3.96. The summed E-state index contributed by atoms with van der Waals surface area (Å²) < 4.78 is 1.40. The van der Waals surface area contributed by atoms with E-state index in [4.69, 9.17) is 22.4 Å². The molecule has 2 rings (SSSR count). The highest BCUT2D eigenvalue weighted by molar-refractivity contribution is 6.31. The van der Waals surface area contributed by atoms with Crippen molar-refractivity contribution in [3.05, 3.63) is 40.0 Å². The monoisotopic (exact) mass is 265 g/mol. The summed E-state index contributed by atoms with van der Waals surface area (Å²) >= 11 is 6.03. The fourth-order valence-electron chi connectivity index (χ4n) is 1.72. The van der Waals surface area contributed by atoms with E-state index in [9.17, 15) is 4.79 Å². The van der Waals surface area contributed by atoms with Crippen molar-refractivity contribution < 1.29 is 9.90 Å². The molecule has 0 radical (unpaired) electrons. The number of carboxylic acids is 1. The average Bonchev–Trinajstić information content (AvgIpc) is 2.61. The molecule has 0 saturated carbocycles. The van der Waals surface area contributed by atoms with Crippen LogP contribution in [0.3, 0.4) is 0 Å². The maximum absolute atomic E-state index is 11.0. The molecule has 0 aliphatic rings. The van der Waals surface area contributed by atoms with Crippen LogP contribution in [0.1, 0.15) is 21.6 Å². The maximum Gasteiger partial charge on any atom is 0.356 e. The van der Waals surface area contributed by atoms with Gasteiger partial charge < -0.3 is 10.8 Å². The number of halogens is 1. The van der Waals surface area contributed by atoms with Gasteiger partial charge in [-0.25, -0.2) is 9.48 Å². The zero-order valence-electron chi connectivity index (χ0n) is 9.94. The first kappa shape index (κ1) is 12.4. The van der Waals surface area contributed by atoms with Crippen molar-refractivity contribution in [2.45, 2.75) is 13.8 Å². The molecule has 6 heteroatoms. The lowest BCUT2D eigenvalue weighted by atomic mass is 10.2. The predicted molar refractivity (Wildman–Crippen MR) is 69.4 cm³/mol. The van der Waals surface area contributed by atoms with Crippen LogP contribution in [0.4, 0.5) is 5.82 Å². The van der Waals surface area contributed by atoms with Crippen LogP contribution in [0, 0.1) is 13.8 Å². The van der Waals surface area contributed by atoms with E-state index in [2.05, 4.69) is 5.10 Å². The molecule has 1 aromatic heterocycles. The Bertz CT molecular complexity index is 634. The van der Waals surface area contributed by atoms with Gasteiger partial charge in [0.25, 0.3) is 0 Å². The molecular weight excluding hydrogens is 254 g/mol. The van der Waals surface area contributed by atoms with E-state index in [0.717, 1.165) is 5.56 Å². The number of anilines is 1. The van der Waals surface area contributed by atoms with Gasteiger partial charge in [0.05, 0.1) is 5.69 Å². The first-order valence-corrected chi connectivity index (χ1v) is 5.65. The minimum absolute atomic E-state index is 0.0492. The summed E-state index contributed by atoms with van der Waals surface area (Å²) in [5.74, 6) is -0.796. The van der Waals surface area contributed by atoms with Crippen molar-refractivity contribution in [3.8, 4) is 5.69 Å². The summed E-state index contributed by atoms with van der Waals surface area (Å²) in [7, 11) is 0. The summed E-state index contributed by atoms with van der Waals surface area (Å²) in [5, 5.41) is 13.6. The quantitative estimate of drug-likeness (QED) is 0.874. The number of hydrogen-bond donors (Lipinski definition) is 2. The van der Waals surface area contributed by atoms with E-state index >= 15 is 0 Å². The third kappa shape index (κ3) is 1.82. The molecule has 0 aliphatic carbocycles. The van der Waals surface area contributed by atoms with E-state index in [-0.39, 0.29) is 5.69 Å². The third-order valence-electron chi connectivity index (χ3n) is 2.84. The normalized spacial score (nSPS) is 10.6. The Hall–Kier alpha value is -2.01. The van der Waals surface area contributed by atoms with Gasteiger partial charge in [-0.2, -0.15) is 5.10 Å².